The standard InChI is InChI=1S/C11H19NOS/c1-6-12-7-8-9(14)11(4,5)13-10(8,2)3/h7-8H,6H2,1-5H3. The fourth-order valence-electron chi connectivity index (χ4n) is 1.92. The molecule has 1 saturated heterocycles. The average Bonchev–Trinajstić information content (AvgIpc) is 2.16. The van der Waals surface area contributed by atoms with Gasteiger partial charge in [0.05, 0.1) is 17.1 Å². The summed E-state index contributed by atoms with van der Waals surface area (Å²) in [5, 5.41) is 0. The quantitative estimate of drug-likeness (QED) is 0.519. The summed E-state index contributed by atoms with van der Waals surface area (Å²) in [6, 6.07) is 0. The Morgan fingerprint density at radius 3 is 2.36 bits per heavy atom. The molecule has 1 unspecified atom stereocenters. The van der Waals surface area contributed by atoms with Crippen molar-refractivity contribution in [2.75, 3.05) is 6.54 Å². The molecule has 0 N–H and O–H groups in total. The highest BCUT2D eigenvalue weighted by molar-refractivity contribution is 7.80. The fourth-order valence-corrected chi connectivity index (χ4v) is 2.31. The number of hydrogen-bond acceptors (Lipinski definition) is 3. The zero-order chi connectivity index (χ0) is 11.0. The van der Waals surface area contributed by atoms with E-state index in [4.69, 9.17) is 17.0 Å². The minimum Gasteiger partial charge on any atom is -0.363 e. The largest absolute Gasteiger partial charge is 0.363 e. The molecule has 2 nitrogen and oxygen atoms in total. The van der Waals surface area contributed by atoms with Gasteiger partial charge in [-0.25, -0.2) is 0 Å². The summed E-state index contributed by atoms with van der Waals surface area (Å²) < 4.78 is 5.93. The van der Waals surface area contributed by atoms with Gasteiger partial charge in [0.1, 0.15) is 0 Å². The second kappa shape index (κ2) is 3.70. The van der Waals surface area contributed by atoms with Crippen LogP contribution in [-0.2, 0) is 4.74 Å². The van der Waals surface area contributed by atoms with Crippen LogP contribution in [0.4, 0.5) is 0 Å². The first kappa shape index (κ1) is 11.8. The van der Waals surface area contributed by atoms with E-state index in [0.717, 1.165) is 11.4 Å². The van der Waals surface area contributed by atoms with Crippen LogP contribution in [0.1, 0.15) is 34.6 Å². The van der Waals surface area contributed by atoms with Crippen LogP contribution >= 0.6 is 12.2 Å². The topological polar surface area (TPSA) is 21.6 Å². The van der Waals surface area contributed by atoms with Crippen LogP contribution in [0.2, 0.25) is 0 Å². The van der Waals surface area contributed by atoms with Crippen molar-refractivity contribution in [2.24, 2.45) is 10.9 Å². The van der Waals surface area contributed by atoms with Crippen LogP contribution in [0, 0.1) is 5.92 Å². The van der Waals surface area contributed by atoms with Crippen LogP contribution in [0.25, 0.3) is 0 Å². The molecular weight excluding hydrogens is 194 g/mol. The van der Waals surface area contributed by atoms with Gasteiger partial charge in [0.2, 0.25) is 0 Å². The van der Waals surface area contributed by atoms with Gasteiger partial charge in [-0.3, -0.25) is 4.99 Å². The maximum Gasteiger partial charge on any atom is 0.0952 e. The number of rotatable bonds is 2. The molecule has 0 radical (unpaired) electrons. The molecule has 0 aromatic heterocycles. The van der Waals surface area contributed by atoms with Crippen LogP contribution in [0.3, 0.4) is 0 Å². The highest BCUT2D eigenvalue weighted by atomic mass is 32.1. The van der Waals surface area contributed by atoms with Crippen LogP contribution in [0.15, 0.2) is 4.99 Å². The number of hydrogen-bond donors (Lipinski definition) is 0. The first-order valence-corrected chi connectivity index (χ1v) is 5.46. The Labute approximate surface area is 91.8 Å². The zero-order valence-electron chi connectivity index (χ0n) is 9.63. The van der Waals surface area contributed by atoms with Crippen molar-refractivity contribution in [3.8, 4) is 0 Å². The van der Waals surface area contributed by atoms with Crippen molar-refractivity contribution in [2.45, 2.75) is 45.8 Å². The molecule has 14 heavy (non-hydrogen) atoms. The molecule has 3 heteroatoms. The van der Waals surface area contributed by atoms with E-state index in [1.54, 1.807) is 0 Å². The maximum absolute atomic E-state index is 5.93. The van der Waals surface area contributed by atoms with E-state index < -0.39 is 0 Å². The lowest BCUT2D eigenvalue weighted by atomic mass is 9.88. The van der Waals surface area contributed by atoms with Crippen molar-refractivity contribution in [1.29, 1.82) is 0 Å². The van der Waals surface area contributed by atoms with E-state index in [2.05, 4.69) is 18.8 Å². The molecule has 1 heterocycles. The fraction of sp³-hybridized carbons (Fsp3) is 0.818. The molecule has 0 saturated carbocycles. The molecular formula is C11H19NOS. The summed E-state index contributed by atoms with van der Waals surface area (Å²) in [6.45, 7) is 11.0. The Balaban J connectivity index is 2.94. The highest BCUT2D eigenvalue weighted by Crippen LogP contribution is 2.39. The molecule has 0 aliphatic carbocycles. The predicted molar refractivity (Wildman–Crippen MR) is 64.4 cm³/mol. The first-order valence-electron chi connectivity index (χ1n) is 5.05. The molecule has 1 fully saturated rings. The van der Waals surface area contributed by atoms with Crippen LogP contribution in [-0.4, -0.2) is 28.8 Å². The third-order valence-electron chi connectivity index (χ3n) is 2.58. The van der Waals surface area contributed by atoms with E-state index in [9.17, 15) is 0 Å². The number of thiocarbonyl (C=S) groups is 1. The van der Waals surface area contributed by atoms with E-state index in [1.165, 1.54) is 0 Å². The van der Waals surface area contributed by atoms with Crippen molar-refractivity contribution in [1.82, 2.24) is 0 Å². The third-order valence-corrected chi connectivity index (χ3v) is 3.33. The van der Waals surface area contributed by atoms with Gasteiger partial charge in [-0.2, -0.15) is 0 Å². The maximum atomic E-state index is 5.93. The Kier molecular flexibility index (Phi) is 3.12. The Hall–Kier alpha value is -0.280. The van der Waals surface area contributed by atoms with Crippen LogP contribution < -0.4 is 0 Å². The molecule has 0 bridgehead atoms. The summed E-state index contributed by atoms with van der Waals surface area (Å²) in [5.41, 5.74) is -0.525. The number of ether oxygens (including phenoxy) is 1. The SMILES string of the molecule is CCN=CC1C(=S)C(C)(C)OC1(C)C. The monoisotopic (exact) mass is 213 g/mol. The second-order valence-electron chi connectivity index (χ2n) is 4.71. The lowest BCUT2D eigenvalue weighted by Crippen LogP contribution is -2.30. The second-order valence-corrected chi connectivity index (χ2v) is 5.15. The van der Waals surface area contributed by atoms with E-state index >= 15 is 0 Å². The molecule has 0 amide bonds. The summed E-state index contributed by atoms with van der Waals surface area (Å²) in [5.74, 6) is 0.160. The van der Waals surface area contributed by atoms with Gasteiger partial charge in [0.15, 0.2) is 0 Å². The summed E-state index contributed by atoms with van der Waals surface area (Å²) >= 11 is 5.42. The smallest absolute Gasteiger partial charge is 0.0952 e. The van der Waals surface area contributed by atoms with E-state index in [1.807, 2.05) is 27.0 Å². The third kappa shape index (κ3) is 2.04. The lowest BCUT2D eigenvalue weighted by molar-refractivity contribution is -0.0587. The zero-order valence-corrected chi connectivity index (χ0v) is 10.4. The normalized spacial score (nSPS) is 30.1. The number of aliphatic imine (C=N–C) groups is 1. The highest BCUT2D eigenvalue weighted by Gasteiger charge is 2.49. The molecule has 0 aromatic rings. The molecule has 0 spiro atoms. The van der Waals surface area contributed by atoms with Gasteiger partial charge in [0.25, 0.3) is 0 Å². The summed E-state index contributed by atoms with van der Waals surface area (Å²) in [6.07, 6.45) is 1.94. The average molecular weight is 213 g/mol. The van der Waals surface area contributed by atoms with Gasteiger partial charge in [-0.15, -0.1) is 0 Å². The molecule has 80 valence electrons. The number of nitrogens with zero attached hydrogens (tertiary/aromatic N) is 1. The van der Waals surface area contributed by atoms with Gasteiger partial charge >= 0.3 is 0 Å². The molecule has 0 aromatic carbocycles. The van der Waals surface area contributed by atoms with Crippen molar-refractivity contribution < 1.29 is 4.74 Å². The lowest BCUT2D eigenvalue weighted by Gasteiger charge is -2.24. The molecule has 1 aliphatic heterocycles. The molecule has 1 rings (SSSR count). The molecule has 1 atom stereocenters. The minimum atomic E-state index is -0.302. The van der Waals surface area contributed by atoms with Gasteiger partial charge < -0.3 is 4.74 Å². The van der Waals surface area contributed by atoms with Crippen LogP contribution in [0.5, 0.6) is 0 Å². The van der Waals surface area contributed by atoms with E-state index in [-0.39, 0.29) is 17.1 Å². The Morgan fingerprint density at radius 1 is 1.43 bits per heavy atom. The summed E-state index contributed by atoms with van der Waals surface area (Å²) in [7, 11) is 0. The Morgan fingerprint density at radius 2 is 2.00 bits per heavy atom. The first-order chi connectivity index (χ1) is 6.31. The Bertz CT molecular complexity index is 268. The van der Waals surface area contributed by atoms with Crippen molar-refractivity contribution >= 4 is 23.3 Å². The summed E-state index contributed by atoms with van der Waals surface area (Å²) in [4.78, 5) is 5.23. The molecule has 1 aliphatic rings. The van der Waals surface area contributed by atoms with Gasteiger partial charge in [-0.05, 0) is 34.6 Å². The van der Waals surface area contributed by atoms with Gasteiger partial charge in [0, 0.05) is 17.6 Å². The predicted octanol–water partition coefficient (Wildman–Crippen LogP) is 2.65. The van der Waals surface area contributed by atoms with Crippen molar-refractivity contribution in [3.05, 3.63) is 0 Å². The van der Waals surface area contributed by atoms with E-state index in [0.29, 0.717) is 0 Å². The van der Waals surface area contributed by atoms with Crippen molar-refractivity contribution in [3.63, 3.8) is 0 Å². The minimum absolute atomic E-state index is 0.160. The van der Waals surface area contributed by atoms with Gasteiger partial charge in [-0.1, -0.05) is 12.2 Å².